The molecule has 0 aliphatic carbocycles. The van der Waals surface area contributed by atoms with Crippen LogP contribution in [-0.2, 0) is 10.5 Å². The summed E-state index contributed by atoms with van der Waals surface area (Å²) in [5.41, 5.74) is 4.25. The molecule has 0 radical (unpaired) electrons. The zero-order chi connectivity index (χ0) is 18.1. The van der Waals surface area contributed by atoms with E-state index in [4.69, 9.17) is 21.1 Å². The van der Waals surface area contributed by atoms with E-state index in [9.17, 15) is 4.79 Å². The zero-order valence-electron chi connectivity index (χ0n) is 14.0. The Hall–Kier alpha value is -2.18. The summed E-state index contributed by atoms with van der Waals surface area (Å²) in [5, 5.41) is 4.67. The lowest BCUT2D eigenvalue weighted by Crippen LogP contribution is -2.19. The van der Waals surface area contributed by atoms with Gasteiger partial charge in [0.05, 0.1) is 26.2 Å². The van der Waals surface area contributed by atoms with Crippen LogP contribution in [0.25, 0.3) is 0 Å². The van der Waals surface area contributed by atoms with Gasteiger partial charge in [-0.2, -0.15) is 5.10 Å². The van der Waals surface area contributed by atoms with Crippen LogP contribution in [0, 0.1) is 0 Å². The van der Waals surface area contributed by atoms with Crippen molar-refractivity contribution in [1.29, 1.82) is 0 Å². The molecule has 1 amide bonds. The predicted molar refractivity (Wildman–Crippen MR) is 103 cm³/mol. The number of ether oxygens (including phenoxy) is 2. The van der Waals surface area contributed by atoms with Gasteiger partial charge in [0.2, 0.25) is 5.91 Å². The van der Waals surface area contributed by atoms with Crippen molar-refractivity contribution in [2.75, 3.05) is 20.0 Å². The molecule has 0 aromatic heterocycles. The lowest BCUT2D eigenvalue weighted by molar-refractivity contribution is -0.118. The van der Waals surface area contributed by atoms with E-state index in [-0.39, 0.29) is 5.91 Å². The summed E-state index contributed by atoms with van der Waals surface area (Å²) < 4.78 is 10.4. The van der Waals surface area contributed by atoms with Crippen molar-refractivity contribution >= 4 is 35.5 Å². The molecule has 2 aromatic carbocycles. The SMILES string of the molecule is COc1ccc(/C=N\NC(=O)CSCc2ccccc2Cl)c(OC)c1. The molecule has 1 N–H and O–H groups in total. The number of halogens is 1. The summed E-state index contributed by atoms with van der Waals surface area (Å²) in [7, 11) is 3.15. The third-order valence-electron chi connectivity index (χ3n) is 3.28. The summed E-state index contributed by atoms with van der Waals surface area (Å²) in [6.07, 6.45) is 1.54. The average molecular weight is 379 g/mol. The van der Waals surface area contributed by atoms with Crippen LogP contribution in [0.1, 0.15) is 11.1 Å². The molecule has 0 bridgehead atoms. The molecule has 2 aromatic rings. The van der Waals surface area contributed by atoms with Crippen LogP contribution in [0.5, 0.6) is 11.5 Å². The van der Waals surface area contributed by atoms with Crippen molar-refractivity contribution in [3.05, 3.63) is 58.6 Å². The molecule has 5 nitrogen and oxygen atoms in total. The number of hydrazone groups is 1. The maximum absolute atomic E-state index is 11.8. The van der Waals surface area contributed by atoms with Crippen molar-refractivity contribution in [2.45, 2.75) is 5.75 Å². The minimum atomic E-state index is -0.180. The molecule has 0 atom stereocenters. The molecule has 0 spiro atoms. The number of amides is 1. The second kappa shape index (κ2) is 9.96. The quantitative estimate of drug-likeness (QED) is 0.561. The second-order valence-corrected chi connectivity index (χ2v) is 6.38. The number of methoxy groups -OCH3 is 2. The number of rotatable bonds is 8. The Morgan fingerprint density at radius 3 is 2.76 bits per heavy atom. The lowest BCUT2D eigenvalue weighted by atomic mass is 10.2. The third kappa shape index (κ3) is 5.99. The third-order valence-corrected chi connectivity index (χ3v) is 4.63. The Morgan fingerprint density at radius 1 is 1.24 bits per heavy atom. The fraction of sp³-hybridized carbons (Fsp3) is 0.222. The van der Waals surface area contributed by atoms with Gasteiger partial charge in [-0.3, -0.25) is 4.79 Å². The fourth-order valence-electron chi connectivity index (χ4n) is 2.00. The van der Waals surface area contributed by atoms with E-state index in [0.29, 0.717) is 28.0 Å². The smallest absolute Gasteiger partial charge is 0.250 e. The van der Waals surface area contributed by atoms with Gasteiger partial charge in [0.25, 0.3) is 0 Å². The minimum Gasteiger partial charge on any atom is -0.497 e. The first-order valence-corrected chi connectivity index (χ1v) is 9.02. The molecule has 0 unspecified atom stereocenters. The summed E-state index contributed by atoms with van der Waals surface area (Å²) in [4.78, 5) is 11.8. The van der Waals surface area contributed by atoms with Gasteiger partial charge >= 0.3 is 0 Å². The standard InChI is InChI=1S/C18H19ClN2O3S/c1-23-15-8-7-13(17(9-15)24-2)10-20-21-18(22)12-25-11-14-5-3-4-6-16(14)19/h3-10H,11-12H2,1-2H3,(H,21,22)/b20-10-. The van der Waals surface area contributed by atoms with Gasteiger partial charge in [-0.25, -0.2) is 5.43 Å². The van der Waals surface area contributed by atoms with E-state index in [2.05, 4.69) is 10.5 Å². The first-order chi connectivity index (χ1) is 12.1. The number of benzene rings is 2. The first kappa shape index (κ1) is 19.1. The van der Waals surface area contributed by atoms with Gasteiger partial charge in [-0.1, -0.05) is 29.8 Å². The van der Waals surface area contributed by atoms with Crippen LogP contribution in [0.4, 0.5) is 0 Å². The molecule has 0 fully saturated rings. The molecule has 0 aliphatic rings. The molecular weight excluding hydrogens is 360 g/mol. The highest BCUT2D eigenvalue weighted by Crippen LogP contribution is 2.23. The van der Waals surface area contributed by atoms with E-state index in [0.717, 1.165) is 11.1 Å². The Kier molecular flexibility index (Phi) is 7.63. The minimum absolute atomic E-state index is 0.180. The van der Waals surface area contributed by atoms with Crippen molar-refractivity contribution in [1.82, 2.24) is 5.43 Å². The molecule has 132 valence electrons. The van der Waals surface area contributed by atoms with Gasteiger partial charge in [0.1, 0.15) is 11.5 Å². The molecule has 2 rings (SSSR count). The summed E-state index contributed by atoms with van der Waals surface area (Å²) >= 11 is 7.56. The molecule has 25 heavy (non-hydrogen) atoms. The number of nitrogens with zero attached hydrogens (tertiary/aromatic N) is 1. The Morgan fingerprint density at radius 2 is 2.04 bits per heavy atom. The Bertz CT molecular complexity index is 753. The van der Waals surface area contributed by atoms with E-state index < -0.39 is 0 Å². The maximum atomic E-state index is 11.8. The van der Waals surface area contributed by atoms with Gasteiger partial charge in [0.15, 0.2) is 0 Å². The topological polar surface area (TPSA) is 59.9 Å². The summed E-state index contributed by atoms with van der Waals surface area (Å²) in [6.45, 7) is 0. The van der Waals surface area contributed by atoms with Gasteiger partial charge in [-0.05, 0) is 23.8 Å². The van der Waals surface area contributed by atoms with Crippen LogP contribution >= 0.6 is 23.4 Å². The number of nitrogens with one attached hydrogen (secondary N) is 1. The summed E-state index contributed by atoms with van der Waals surface area (Å²) in [5.74, 6) is 2.09. The largest absolute Gasteiger partial charge is 0.497 e. The highest BCUT2D eigenvalue weighted by molar-refractivity contribution is 7.99. The molecule has 0 saturated carbocycles. The fourth-order valence-corrected chi connectivity index (χ4v) is 3.11. The molecule has 0 heterocycles. The lowest BCUT2D eigenvalue weighted by Gasteiger charge is -2.07. The van der Waals surface area contributed by atoms with Crippen LogP contribution in [0.3, 0.4) is 0 Å². The Balaban J connectivity index is 1.81. The van der Waals surface area contributed by atoms with Gasteiger partial charge < -0.3 is 9.47 Å². The number of hydrogen-bond acceptors (Lipinski definition) is 5. The van der Waals surface area contributed by atoms with Gasteiger partial charge in [-0.15, -0.1) is 11.8 Å². The molecule has 7 heteroatoms. The monoisotopic (exact) mass is 378 g/mol. The zero-order valence-corrected chi connectivity index (χ0v) is 15.6. The predicted octanol–water partition coefficient (Wildman–Crippen LogP) is 3.74. The van der Waals surface area contributed by atoms with E-state index in [1.54, 1.807) is 32.4 Å². The molecule has 0 saturated heterocycles. The number of hydrogen-bond donors (Lipinski definition) is 1. The van der Waals surface area contributed by atoms with Crippen LogP contribution < -0.4 is 14.9 Å². The molecular formula is C18H19ClN2O3S. The highest BCUT2D eigenvalue weighted by atomic mass is 35.5. The van der Waals surface area contributed by atoms with E-state index >= 15 is 0 Å². The number of carbonyl (C=O) groups excluding carboxylic acids is 1. The summed E-state index contributed by atoms with van der Waals surface area (Å²) in [6, 6.07) is 12.9. The van der Waals surface area contributed by atoms with Crippen LogP contribution in [-0.4, -0.2) is 32.1 Å². The first-order valence-electron chi connectivity index (χ1n) is 7.49. The van der Waals surface area contributed by atoms with Crippen molar-refractivity contribution < 1.29 is 14.3 Å². The van der Waals surface area contributed by atoms with E-state index in [1.165, 1.54) is 18.0 Å². The van der Waals surface area contributed by atoms with Crippen LogP contribution in [0.15, 0.2) is 47.6 Å². The Labute approximate surface area is 156 Å². The highest BCUT2D eigenvalue weighted by Gasteiger charge is 2.05. The van der Waals surface area contributed by atoms with Crippen molar-refractivity contribution in [3.8, 4) is 11.5 Å². The normalized spacial score (nSPS) is 10.7. The number of thioether (sulfide) groups is 1. The van der Waals surface area contributed by atoms with Crippen LogP contribution in [0.2, 0.25) is 5.02 Å². The van der Waals surface area contributed by atoms with Crippen molar-refractivity contribution in [3.63, 3.8) is 0 Å². The molecule has 0 aliphatic heterocycles. The average Bonchev–Trinajstić information content (AvgIpc) is 2.63. The van der Waals surface area contributed by atoms with E-state index in [1.807, 2.05) is 24.3 Å². The van der Waals surface area contributed by atoms with Crippen molar-refractivity contribution in [2.24, 2.45) is 5.10 Å². The maximum Gasteiger partial charge on any atom is 0.250 e. The second-order valence-electron chi connectivity index (χ2n) is 4.99. The number of carbonyl (C=O) groups is 1. The van der Waals surface area contributed by atoms with Gasteiger partial charge in [0, 0.05) is 22.4 Å².